The van der Waals surface area contributed by atoms with E-state index in [1.54, 1.807) is 0 Å². The lowest BCUT2D eigenvalue weighted by molar-refractivity contribution is 0.0818. The summed E-state index contributed by atoms with van der Waals surface area (Å²) in [6.07, 6.45) is 0.542. The summed E-state index contributed by atoms with van der Waals surface area (Å²) in [5.74, 6) is 0. The van der Waals surface area contributed by atoms with Gasteiger partial charge in [-0.2, -0.15) is 0 Å². The van der Waals surface area contributed by atoms with Crippen LogP contribution in [0.15, 0.2) is 0 Å². The molecule has 4 heteroatoms. The van der Waals surface area contributed by atoms with Gasteiger partial charge in [-0.3, -0.25) is 0 Å². The summed E-state index contributed by atoms with van der Waals surface area (Å²) in [4.78, 5) is 0. The lowest BCUT2D eigenvalue weighted by atomic mass is 10.2. The Balaban J connectivity index is 2.88. The summed E-state index contributed by atoms with van der Waals surface area (Å²) < 4.78 is 0. The molecule has 0 bridgehead atoms. The maximum Gasteiger partial charge on any atom is 0.0771 e. The van der Waals surface area contributed by atoms with Gasteiger partial charge >= 0.3 is 0 Å². The van der Waals surface area contributed by atoms with Gasteiger partial charge in [0, 0.05) is 6.54 Å². The van der Waals surface area contributed by atoms with Crippen molar-refractivity contribution in [2.24, 2.45) is 0 Å². The molecule has 0 aliphatic heterocycles. The Bertz CT molecular complexity index is 60.2. The fourth-order valence-corrected chi connectivity index (χ4v) is 0.508. The topological polar surface area (TPSA) is 72.7 Å². The van der Waals surface area contributed by atoms with Crippen LogP contribution in [0.3, 0.4) is 0 Å². The predicted octanol–water partition coefficient (Wildman–Crippen LogP) is -0.901. The number of nitrogens with one attached hydrogen (secondary N) is 1. The molecule has 1 atom stereocenters. The summed E-state index contributed by atoms with van der Waals surface area (Å²) in [5.41, 5.74) is 1.95. The van der Waals surface area contributed by atoms with Gasteiger partial charge in [0.25, 0.3) is 0 Å². The van der Waals surface area contributed by atoms with Crippen LogP contribution >= 0.6 is 0 Å². The van der Waals surface area contributed by atoms with Crippen molar-refractivity contribution in [1.29, 1.82) is 0 Å². The van der Waals surface area contributed by atoms with Crippen LogP contribution < -0.4 is 5.48 Å². The Morgan fingerprint density at radius 1 is 1.44 bits per heavy atom. The summed E-state index contributed by atoms with van der Waals surface area (Å²) in [5, 5.41) is 25.1. The van der Waals surface area contributed by atoms with E-state index < -0.39 is 6.10 Å². The molecule has 0 aliphatic carbocycles. The minimum Gasteiger partial charge on any atom is -0.394 e. The van der Waals surface area contributed by atoms with Crippen molar-refractivity contribution in [3.63, 3.8) is 0 Å². The zero-order valence-electron chi connectivity index (χ0n) is 5.25. The molecule has 0 aromatic heterocycles. The molecule has 0 fully saturated rings. The van der Waals surface area contributed by atoms with E-state index in [4.69, 9.17) is 15.4 Å². The number of hydrogen-bond acceptors (Lipinski definition) is 4. The number of hydroxylamine groups is 1. The monoisotopic (exact) mass is 135 g/mol. The van der Waals surface area contributed by atoms with Crippen molar-refractivity contribution in [2.45, 2.75) is 18.9 Å². The first-order chi connectivity index (χ1) is 4.31. The van der Waals surface area contributed by atoms with Crippen LogP contribution in [-0.4, -0.2) is 34.7 Å². The maximum absolute atomic E-state index is 8.73. The zero-order valence-corrected chi connectivity index (χ0v) is 5.25. The van der Waals surface area contributed by atoms with Gasteiger partial charge in [-0.15, -0.1) is 0 Å². The van der Waals surface area contributed by atoms with Crippen LogP contribution in [0.2, 0.25) is 0 Å². The average Bonchev–Trinajstić information content (AvgIpc) is 1.89. The molecule has 1 unspecified atom stereocenters. The van der Waals surface area contributed by atoms with E-state index >= 15 is 0 Å². The van der Waals surface area contributed by atoms with E-state index in [0.29, 0.717) is 19.4 Å². The Kier molecular flexibility index (Phi) is 5.86. The number of aliphatic hydroxyl groups is 2. The molecule has 0 aromatic carbocycles. The van der Waals surface area contributed by atoms with E-state index in [1.807, 2.05) is 5.48 Å². The Hall–Kier alpha value is -0.160. The summed E-state index contributed by atoms with van der Waals surface area (Å²) in [6.45, 7) is 0.252. The van der Waals surface area contributed by atoms with Crippen molar-refractivity contribution >= 4 is 0 Å². The van der Waals surface area contributed by atoms with Gasteiger partial charge in [-0.1, -0.05) is 0 Å². The minimum atomic E-state index is -0.640. The number of aliphatic hydroxyl groups excluding tert-OH is 2. The van der Waals surface area contributed by atoms with Gasteiger partial charge in [0.05, 0.1) is 12.7 Å². The largest absolute Gasteiger partial charge is 0.394 e. The van der Waals surface area contributed by atoms with Crippen molar-refractivity contribution in [2.75, 3.05) is 13.2 Å². The molecule has 4 N–H and O–H groups in total. The number of rotatable bonds is 5. The molecule has 56 valence electrons. The van der Waals surface area contributed by atoms with Crippen LogP contribution in [0.1, 0.15) is 12.8 Å². The normalized spacial score (nSPS) is 13.7. The molecule has 0 aromatic rings. The predicted molar refractivity (Wildman–Crippen MR) is 32.1 cm³/mol. The second-order valence-electron chi connectivity index (χ2n) is 1.89. The van der Waals surface area contributed by atoms with E-state index in [-0.39, 0.29) is 6.61 Å². The van der Waals surface area contributed by atoms with Crippen molar-refractivity contribution in [1.82, 2.24) is 5.48 Å². The lowest BCUT2D eigenvalue weighted by Gasteiger charge is -2.04. The van der Waals surface area contributed by atoms with Crippen LogP contribution in [0.25, 0.3) is 0 Å². The molecule has 0 amide bonds. The molecular weight excluding hydrogens is 122 g/mol. The quantitative estimate of drug-likeness (QED) is 0.291. The smallest absolute Gasteiger partial charge is 0.0771 e. The Morgan fingerprint density at radius 2 is 2.11 bits per heavy atom. The molecule has 0 radical (unpaired) electrons. The van der Waals surface area contributed by atoms with Crippen LogP contribution in [0.5, 0.6) is 0 Å². The molecule has 0 spiro atoms. The van der Waals surface area contributed by atoms with Crippen LogP contribution in [0, 0.1) is 0 Å². The highest BCUT2D eigenvalue weighted by molar-refractivity contribution is 4.52. The van der Waals surface area contributed by atoms with Crippen molar-refractivity contribution < 1.29 is 15.4 Å². The van der Waals surface area contributed by atoms with Crippen molar-refractivity contribution in [3.8, 4) is 0 Å². The SMILES string of the molecule is OCC(O)CCCNO. The highest BCUT2D eigenvalue weighted by Crippen LogP contribution is 1.93. The van der Waals surface area contributed by atoms with Gasteiger partial charge < -0.3 is 15.4 Å². The Morgan fingerprint density at radius 3 is 2.56 bits per heavy atom. The van der Waals surface area contributed by atoms with Gasteiger partial charge in [-0.25, -0.2) is 5.48 Å². The van der Waals surface area contributed by atoms with Gasteiger partial charge in [-0.05, 0) is 12.8 Å². The second-order valence-corrected chi connectivity index (χ2v) is 1.89. The first kappa shape index (κ1) is 8.84. The number of hydrogen-bond donors (Lipinski definition) is 4. The molecule has 0 saturated carbocycles. The van der Waals surface area contributed by atoms with Gasteiger partial charge in [0.2, 0.25) is 0 Å². The van der Waals surface area contributed by atoms with Crippen LogP contribution in [0.4, 0.5) is 0 Å². The second kappa shape index (κ2) is 5.97. The van der Waals surface area contributed by atoms with E-state index in [9.17, 15) is 0 Å². The van der Waals surface area contributed by atoms with E-state index in [0.717, 1.165) is 0 Å². The average molecular weight is 135 g/mol. The molecule has 0 aliphatic rings. The summed E-state index contributed by atoms with van der Waals surface area (Å²) >= 11 is 0. The highest BCUT2D eigenvalue weighted by Gasteiger charge is 1.98. The fraction of sp³-hybridized carbons (Fsp3) is 1.00. The Labute approximate surface area is 54.1 Å². The fourth-order valence-electron chi connectivity index (χ4n) is 0.508. The lowest BCUT2D eigenvalue weighted by Crippen LogP contribution is -2.15. The minimum absolute atomic E-state index is 0.203. The zero-order chi connectivity index (χ0) is 7.11. The van der Waals surface area contributed by atoms with Crippen molar-refractivity contribution in [3.05, 3.63) is 0 Å². The third-order valence-corrected chi connectivity index (χ3v) is 1.04. The van der Waals surface area contributed by atoms with Gasteiger partial charge in [0.1, 0.15) is 0 Å². The first-order valence-electron chi connectivity index (χ1n) is 2.97. The molecule has 0 rings (SSSR count). The molecule has 0 saturated heterocycles. The highest BCUT2D eigenvalue weighted by atomic mass is 16.5. The first-order valence-corrected chi connectivity index (χ1v) is 2.97. The van der Waals surface area contributed by atoms with Gasteiger partial charge in [0.15, 0.2) is 0 Å². The molecular formula is C5H13NO3. The van der Waals surface area contributed by atoms with E-state index in [2.05, 4.69) is 0 Å². The molecule has 9 heavy (non-hydrogen) atoms. The van der Waals surface area contributed by atoms with Crippen LogP contribution in [-0.2, 0) is 0 Å². The molecule has 4 nitrogen and oxygen atoms in total. The van der Waals surface area contributed by atoms with E-state index in [1.165, 1.54) is 0 Å². The third kappa shape index (κ3) is 5.72. The summed E-state index contributed by atoms with van der Waals surface area (Å²) in [6, 6.07) is 0. The standard InChI is InChI=1S/C5H13NO3/c7-4-5(8)2-1-3-6-9/h5-9H,1-4H2. The third-order valence-electron chi connectivity index (χ3n) is 1.04. The summed E-state index contributed by atoms with van der Waals surface area (Å²) in [7, 11) is 0. The molecule has 0 heterocycles. The maximum atomic E-state index is 8.73.